The highest BCUT2D eigenvalue weighted by Crippen LogP contribution is 2.22. The van der Waals surface area contributed by atoms with Crippen LogP contribution in [0, 0.1) is 24.0 Å². The first-order valence-electron chi connectivity index (χ1n) is 7.50. The van der Waals surface area contributed by atoms with Crippen LogP contribution in [0.5, 0.6) is 5.75 Å². The monoisotopic (exact) mass is 319 g/mol. The lowest BCUT2D eigenvalue weighted by molar-refractivity contribution is -0.386. The number of hydrogen-bond donors (Lipinski definition) is 1. The molecule has 1 heterocycles. The minimum absolute atomic E-state index is 0.00623. The van der Waals surface area contributed by atoms with E-state index in [-0.39, 0.29) is 18.8 Å². The molecule has 0 saturated carbocycles. The van der Waals surface area contributed by atoms with E-state index in [1.54, 1.807) is 13.8 Å². The topological polar surface area (TPSA) is 90.4 Å². The van der Waals surface area contributed by atoms with Crippen LogP contribution in [0.15, 0.2) is 24.3 Å². The van der Waals surface area contributed by atoms with Crippen LogP contribution in [0.1, 0.15) is 23.9 Å². The summed E-state index contributed by atoms with van der Waals surface area (Å²) in [5.74, 6) is 0.681. The van der Waals surface area contributed by atoms with E-state index in [0.717, 1.165) is 6.42 Å². The van der Waals surface area contributed by atoms with E-state index in [2.05, 4.69) is 12.0 Å². The van der Waals surface area contributed by atoms with E-state index < -0.39 is 11.0 Å². The molecule has 0 aliphatic heterocycles. The third-order valence-corrected chi connectivity index (χ3v) is 3.68. The predicted octanol–water partition coefficient (Wildman–Crippen LogP) is 2.41. The Balaban J connectivity index is 1.95. The maximum Gasteiger partial charge on any atom is 0.312 e. The van der Waals surface area contributed by atoms with Gasteiger partial charge in [-0.15, -0.1) is 0 Å². The molecule has 0 radical (unpaired) electrons. The molecule has 0 spiro atoms. The van der Waals surface area contributed by atoms with Crippen LogP contribution in [0.4, 0.5) is 5.69 Å². The number of aliphatic hydroxyl groups is 1. The molecule has 0 aliphatic carbocycles. The summed E-state index contributed by atoms with van der Waals surface area (Å²) in [7, 11) is 0. The lowest BCUT2D eigenvalue weighted by atomic mass is 10.2. The van der Waals surface area contributed by atoms with Gasteiger partial charge in [0.2, 0.25) is 0 Å². The van der Waals surface area contributed by atoms with Gasteiger partial charge in [-0.05, 0) is 38.0 Å². The van der Waals surface area contributed by atoms with Crippen LogP contribution in [0.3, 0.4) is 0 Å². The van der Waals surface area contributed by atoms with E-state index in [1.807, 2.05) is 24.3 Å². The van der Waals surface area contributed by atoms with Crippen LogP contribution >= 0.6 is 0 Å². The second-order valence-electron chi connectivity index (χ2n) is 5.42. The molecule has 124 valence electrons. The van der Waals surface area contributed by atoms with Gasteiger partial charge in [0.15, 0.2) is 0 Å². The summed E-state index contributed by atoms with van der Waals surface area (Å²) in [5, 5.41) is 25.2. The molecule has 7 nitrogen and oxygen atoms in total. The van der Waals surface area contributed by atoms with Gasteiger partial charge in [-0.1, -0.05) is 19.1 Å². The van der Waals surface area contributed by atoms with Gasteiger partial charge in [-0.25, -0.2) is 0 Å². The number of aromatic nitrogens is 2. The van der Waals surface area contributed by atoms with E-state index in [0.29, 0.717) is 17.1 Å². The van der Waals surface area contributed by atoms with Gasteiger partial charge in [0.05, 0.1) is 11.5 Å². The minimum Gasteiger partial charge on any atom is -0.491 e. The summed E-state index contributed by atoms with van der Waals surface area (Å²) in [6.07, 6.45) is 0.151. The first-order chi connectivity index (χ1) is 10.9. The van der Waals surface area contributed by atoms with E-state index in [4.69, 9.17) is 4.74 Å². The van der Waals surface area contributed by atoms with Crippen molar-refractivity contribution in [2.24, 2.45) is 0 Å². The molecule has 0 aliphatic rings. The Labute approximate surface area is 134 Å². The Hall–Kier alpha value is -2.41. The zero-order valence-corrected chi connectivity index (χ0v) is 13.5. The molecule has 1 aromatic carbocycles. The van der Waals surface area contributed by atoms with Crippen molar-refractivity contribution in [2.45, 2.75) is 39.8 Å². The molecule has 1 atom stereocenters. The van der Waals surface area contributed by atoms with Gasteiger partial charge < -0.3 is 9.84 Å². The number of ether oxygens (including phenoxy) is 1. The third-order valence-electron chi connectivity index (χ3n) is 3.68. The average Bonchev–Trinajstić information content (AvgIpc) is 2.79. The molecular weight excluding hydrogens is 298 g/mol. The first-order valence-corrected chi connectivity index (χ1v) is 7.50. The predicted molar refractivity (Wildman–Crippen MR) is 85.7 cm³/mol. The third kappa shape index (κ3) is 4.07. The number of hydrogen-bond acceptors (Lipinski definition) is 5. The number of nitro groups is 1. The van der Waals surface area contributed by atoms with Gasteiger partial charge in [0, 0.05) is 0 Å². The van der Waals surface area contributed by atoms with Crippen LogP contribution in [-0.2, 0) is 13.0 Å². The van der Waals surface area contributed by atoms with Gasteiger partial charge >= 0.3 is 5.69 Å². The Morgan fingerprint density at radius 3 is 2.52 bits per heavy atom. The lowest BCUT2D eigenvalue weighted by Crippen LogP contribution is -2.24. The molecule has 0 bridgehead atoms. The quantitative estimate of drug-likeness (QED) is 0.625. The molecule has 2 aromatic rings. The maximum absolute atomic E-state index is 11.0. The molecule has 7 heteroatoms. The van der Waals surface area contributed by atoms with Gasteiger partial charge in [0.1, 0.15) is 29.8 Å². The summed E-state index contributed by atoms with van der Waals surface area (Å²) >= 11 is 0. The summed E-state index contributed by atoms with van der Waals surface area (Å²) in [6, 6.07) is 7.68. The SMILES string of the molecule is CCc1ccc(OC[C@H](O)Cn2nc(C)c([N+](=O)[O-])c2C)cc1. The molecule has 0 saturated heterocycles. The Morgan fingerprint density at radius 2 is 2.00 bits per heavy atom. The summed E-state index contributed by atoms with van der Waals surface area (Å²) < 4.78 is 6.98. The van der Waals surface area contributed by atoms with Crippen LogP contribution in [-0.4, -0.2) is 32.5 Å². The fraction of sp³-hybridized carbons (Fsp3) is 0.438. The number of benzene rings is 1. The molecule has 0 fully saturated rings. The highest BCUT2D eigenvalue weighted by atomic mass is 16.6. The smallest absolute Gasteiger partial charge is 0.312 e. The van der Waals surface area contributed by atoms with Crippen molar-refractivity contribution in [3.8, 4) is 5.75 Å². The van der Waals surface area contributed by atoms with E-state index in [9.17, 15) is 15.2 Å². The van der Waals surface area contributed by atoms with Crippen molar-refractivity contribution in [1.82, 2.24) is 9.78 Å². The summed E-state index contributed by atoms with van der Waals surface area (Å²) in [6.45, 7) is 5.52. The standard InChI is InChI=1S/C16H21N3O4/c1-4-13-5-7-15(8-6-13)23-10-14(20)9-18-12(3)16(19(21)22)11(2)17-18/h5-8,14,20H,4,9-10H2,1-3H3/t14-/m1/s1. The van der Waals surface area contributed by atoms with Crippen LogP contribution in [0.25, 0.3) is 0 Å². The maximum atomic E-state index is 11.0. The van der Waals surface area contributed by atoms with Gasteiger partial charge in [-0.3, -0.25) is 14.8 Å². The van der Waals surface area contributed by atoms with Crippen LogP contribution in [0.2, 0.25) is 0 Å². The van der Waals surface area contributed by atoms with E-state index >= 15 is 0 Å². The Kier molecular flexibility index (Phi) is 5.33. The van der Waals surface area contributed by atoms with Crippen molar-refractivity contribution >= 4 is 5.69 Å². The van der Waals surface area contributed by atoms with Crippen molar-refractivity contribution in [1.29, 1.82) is 0 Å². The summed E-state index contributed by atoms with van der Waals surface area (Å²) in [5.41, 5.74) is 1.98. The normalized spacial score (nSPS) is 12.2. The fourth-order valence-electron chi connectivity index (χ4n) is 2.40. The molecule has 0 amide bonds. The lowest BCUT2D eigenvalue weighted by Gasteiger charge is -2.13. The van der Waals surface area contributed by atoms with E-state index in [1.165, 1.54) is 10.2 Å². The molecule has 2 rings (SSSR count). The highest BCUT2D eigenvalue weighted by Gasteiger charge is 2.22. The molecule has 0 unspecified atom stereocenters. The molecule has 1 N–H and O–H groups in total. The minimum atomic E-state index is -0.807. The number of rotatable bonds is 7. The molecular formula is C16H21N3O4. The Morgan fingerprint density at radius 1 is 1.35 bits per heavy atom. The number of aliphatic hydroxyl groups excluding tert-OH is 1. The Bertz CT molecular complexity index is 679. The summed E-state index contributed by atoms with van der Waals surface area (Å²) in [4.78, 5) is 10.5. The second-order valence-corrected chi connectivity index (χ2v) is 5.42. The fourth-order valence-corrected chi connectivity index (χ4v) is 2.40. The van der Waals surface area contributed by atoms with Crippen molar-refractivity contribution < 1.29 is 14.8 Å². The average molecular weight is 319 g/mol. The van der Waals surface area contributed by atoms with Gasteiger partial charge in [-0.2, -0.15) is 5.10 Å². The number of nitrogens with zero attached hydrogens (tertiary/aromatic N) is 3. The number of aryl methyl sites for hydroxylation is 2. The van der Waals surface area contributed by atoms with Crippen molar-refractivity contribution in [3.05, 3.63) is 51.3 Å². The zero-order chi connectivity index (χ0) is 17.0. The highest BCUT2D eigenvalue weighted by molar-refractivity contribution is 5.39. The van der Waals surface area contributed by atoms with Crippen LogP contribution < -0.4 is 4.74 Å². The molecule has 23 heavy (non-hydrogen) atoms. The largest absolute Gasteiger partial charge is 0.491 e. The van der Waals surface area contributed by atoms with Crippen molar-refractivity contribution in [3.63, 3.8) is 0 Å². The second kappa shape index (κ2) is 7.23. The zero-order valence-electron chi connectivity index (χ0n) is 13.5. The molecule has 1 aromatic heterocycles. The van der Waals surface area contributed by atoms with Crippen molar-refractivity contribution in [2.75, 3.05) is 6.61 Å². The van der Waals surface area contributed by atoms with Gasteiger partial charge in [0.25, 0.3) is 0 Å². The first kappa shape index (κ1) is 17.0.